The number of aliphatic hydroxyl groups excluding tert-OH is 1. The quantitative estimate of drug-likeness (QED) is 0.897. The number of halogens is 1. The standard InChI is InChI=1S/C13H18FNO3S/c14-11-5-7-13(8-6-11)19(17,18)15(9-10-16)12-3-1-2-4-12/h5-8,12,16H,1-4,9-10H2. The Balaban J connectivity index is 2.30. The summed E-state index contributed by atoms with van der Waals surface area (Å²) in [4.78, 5) is 0.0780. The summed E-state index contributed by atoms with van der Waals surface area (Å²) in [5, 5.41) is 9.09. The Hall–Kier alpha value is -0.980. The summed E-state index contributed by atoms with van der Waals surface area (Å²) < 4.78 is 39.3. The molecule has 0 bridgehead atoms. The zero-order chi connectivity index (χ0) is 13.9. The van der Waals surface area contributed by atoms with E-state index in [1.165, 1.54) is 16.4 Å². The van der Waals surface area contributed by atoms with Crippen LogP contribution in [0, 0.1) is 5.82 Å². The summed E-state index contributed by atoms with van der Waals surface area (Å²) >= 11 is 0. The molecule has 0 aliphatic heterocycles. The average Bonchev–Trinajstić information content (AvgIpc) is 2.89. The molecule has 0 heterocycles. The third-order valence-corrected chi connectivity index (χ3v) is 5.44. The zero-order valence-electron chi connectivity index (χ0n) is 10.6. The fourth-order valence-electron chi connectivity index (χ4n) is 2.53. The minimum Gasteiger partial charge on any atom is -0.395 e. The van der Waals surface area contributed by atoms with Gasteiger partial charge >= 0.3 is 0 Å². The summed E-state index contributed by atoms with van der Waals surface area (Å²) in [6, 6.07) is 4.76. The van der Waals surface area contributed by atoms with Gasteiger partial charge in [-0.2, -0.15) is 4.31 Å². The molecule has 1 N–H and O–H groups in total. The summed E-state index contributed by atoms with van der Waals surface area (Å²) in [7, 11) is -3.66. The van der Waals surface area contributed by atoms with Crippen molar-refractivity contribution < 1.29 is 17.9 Å². The van der Waals surface area contributed by atoms with Crippen LogP contribution >= 0.6 is 0 Å². The minimum absolute atomic E-state index is 0.0535. The van der Waals surface area contributed by atoms with Crippen molar-refractivity contribution in [2.24, 2.45) is 0 Å². The van der Waals surface area contributed by atoms with Gasteiger partial charge in [-0.3, -0.25) is 0 Å². The molecule has 1 aromatic carbocycles. The molecule has 0 unspecified atom stereocenters. The van der Waals surface area contributed by atoms with Crippen molar-refractivity contribution >= 4 is 10.0 Å². The van der Waals surface area contributed by atoms with Gasteiger partial charge in [-0.1, -0.05) is 12.8 Å². The molecule has 1 aliphatic carbocycles. The van der Waals surface area contributed by atoms with E-state index in [2.05, 4.69) is 0 Å². The fourth-order valence-corrected chi connectivity index (χ4v) is 4.21. The van der Waals surface area contributed by atoms with E-state index in [1.54, 1.807) is 0 Å². The van der Waals surface area contributed by atoms with Gasteiger partial charge in [0.25, 0.3) is 0 Å². The third kappa shape index (κ3) is 3.13. The van der Waals surface area contributed by atoms with Crippen molar-refractivity contribution in [1.29, 1.82) is 0 Å². The highest BCUT2D eigenvalue weighted by molar-refractivity contribution is 7.89. The molecule has 1 aromatic rings. The van der Waals surface area contributed by atoms with E-state index in [4.69, 9.17) is 5.11 Å². The van der Waals surface area contributed by atoms with Crippen LogP contribution in [0.4, 0.5) is 4.39 Å². The van der Waals surface area contributed by atoms with Crippen LogP contribution in [0.2, 0.25) is 0 Å². The number of hydrogen-bond donors (Lipinski definition) is 1. The third-order valence-electron chi connectivity index (χ3n) is 3.47. The van der Waals surface area contributed by atoms with E-state index in [0.29, 0.717) is 0 Å². The normalized spacial score (nSPS) is 17.2. The van der Waals surface area contributed by atoms with Crippen molar-refractivity contribution in [3.05, 3.63) is 30.1 Å². The van der Waals surface area contributed by atoms with Gasteiger partial charge in [-0.15, -0.1) is 0 Å². The van der Waals surface area contributed by atoms with Crippen LogP contribution in [0.1, 0.15) is 25.7 Å². The number of rotatable bonds is 5. The first-order chi connectivity index (χ1) is 9.05. The molecule has 106 valence electrons. The SMILES string of the molecule is O=S(=O)(c1ccc(F)cc1)N(CCO)C1CCCC1. The molecule has 2 rings (SSSR count). The van der Waals surface area contributed by atoms with Crippen molar-refractivity contribution in [2.45, 2.75) is 36.6 Å². The van der Waals surface area contributed by atoms with Crippen molar-refractivity contribution in [3.63, 3.8) is 0 Å². The van der Waals surface area contributed by atoms with E-state index in [9.17, 15) is 12.8 Å². The maximum Gasteiger partial charge on any atom is 0.243 e. The van der Waals surface area contributed by atoms with Gasteiger partial charge < -0.3 is 5.11 Å². The predicted molar refractivity (Wildman–Crippen MR) is 69.6 cm³/mol. The molecule has 0 amide bonds. The van der Waals surface area contributed by atoms with Crippen LogP contribution < -0.4 is 0 Å². The maximum absolute atomic E-state index is 12.9. The Morgan fingerprint density at radius 2 is 1.79 bits per heavy atom. The van der Waals surface area contributed by atoms with Gasteiger partial charge in [0.2, 0.25) is 10.0 Å². The van der Waals surface area contributed by atoms with Gasteiger partial charge in [0.05, 0.1) is 11.5 Å². The number of sulfonamides is 1. The fraction of sp³-hybridized carbons (Fsp3) is 0.538. The number of benzene rings is 1. The molecule has 4 nitrogen and oxygen atoms in total. The lowest BCUT2D eigenvalue weighted by Crippen LogP contribution is -2.40. The summed E-state index contributed by atoms with van der Waals surface area (Å²) in [6.45, 7) is -0.124. The highest BCUT2D eigenvalue weighted by Gasteiger charge is 2.32. The smallest absolute Gasteiger partial charge is 0.243 e. The molecule has 0 radical (unpaired) electrons. The summed E-state index contributed by atoms with van der Waals surface area (Å²) in [5.41, 5.74) is 0. The molecular formula is C13H18FNO3S. The molecule has 0 spiro atoms. The van der Waals surface area contributed by atoms with Crippen LogP contribution in [0.3, 0.4) is 0 Å². The predicted octanol–water partition coefficient (Wildman–Crippen LogP) is 1.75. The van der Waals surface area contributed by atoms with Crippen molar-refractivity contribution in [1.82, 2.24) is 4.31 Å². The molecule has 0 atom stereocenters. The van der Waals surface area contributed by atoms with Gasteiger partial charge in [-0.05, 0) is 37.1 Å². The van der Waals surface area contributed by atoms with E-state index in [1.807, 2.05) is 0 Å². The zero-order valence-corrected chi connectivity index (χ0v) is 11.4. The Kier molecular flexibility index (Phi) is 4.54. The van der Waals surface area contributed by atoms with Crippen LogP contribution in [-0.2, 0) is 10.0 Å². The second kappa shape index (κ2) is 5.98. The summed E-state index contributed by atoms with van der Waals surface area (Å²) in [6.07, 6.45) is 3.65. The lowest BCUT2D eigenvalue weighted by atomic mass is 10.2. The minimum atomic E-state index is -3.66. The molecule has 1 aliphatic rings. The molecule has 0 saturated heterocycles. The second-order valence-corrected chi connectivity index (χ2v) is 6.62. The Morgan fingerprint density at radius 1 is 1.21 bits per heavy atom. The van der Waals surface area contributed by atoms with Crippen LogP contribution in [0.5, 0.6) is 0 Å². The van der Waals surface area contributed by atoms with E-state index < -0.39 is 15.8 Å². The number of hydrogen-bond acceptors (Lipinski definition) is 3. The molecule has 1 saturated carbocycles. The van der Waals surface area contributed by atoms with Crippen LogP contribution in [-0.4, -0.2) is 37.0 Å². The Bertz CT molecular complexity index is 509. The van der Waals surface area contributed by atoms with Gasteiger partial charge in [0.1, 0.15) is 5.82 Å². The van der Waals surface area contributed by atoms with Gasteiger partial charge in [-0.25, -0.2) is 12.8 Å². The topological polar surface area (TPSA) is 57.6 Å². The highest BCUT2D eigenvalue weighted by Crippen LogP contribution is 2.28. The second-order valence-electron chi connectivity index (χ2n) is 4.73. The molecule has 1 fully saturated rings. The molecular weight excluding hydrogens is 269 g/mol. The lowest BCUT2D eigenvalue weighted by Gasteiger charge is -2.27. The maximum atomic E-state index is 12.9. The Labute approximate surface area is 112 Å². The van der Waals surface area contributed by atoms with Crippen LogP contribution in [0.25, 0.3) is 0 Å². The highest BCUT2D eigenvalue weighted by atomic mass is 32.2. The average molecular weight is 287 g/mol. The van der Waals surface area contributed by atoms with Gasteiger partial charge in [0.15, 0.2) is 0 Å². The van der Waals surface area contributed by atoms with E-state index in [0.717, 1.165) is 37.8 Å². The molecule has 6 heteroatoms. The van der Waals surface area contributed by atoms with Crippen molar-refractivity contribution in [3.8, 4) is 0 Å². The van der Waals surface area contributed by atoms with Crippen molar-refractivity contribution in [2.75, 3.05) is 13.2 Å². The first-order valence-electron chi connectivity index (χ1n) is 6.44. The van der Waals surface area contributed by atoms with Crippen LogP contribution in [0.15, 0.2) is 29.2 Å². The number of aliphatic hydroxyl groups is 1. The monoisotopic (exact) mass is 287 g/mol. The first kappa shape index (κ1) is 14.4. The summed E-state index contributed by atoms with van der Waals surface area (Å²) in [5.74, 6) is -0.464. The first-order valence-corrected chi connectivity index (χ1v) is 7.88. The molecule has 19 heavy (non-hydrogen) atoms. The van der Waals surface area contributed by atoms with E-state index in [-0.39, 0.29) is 24.1 Å². The van der Waals surface area contributed by atoms with Gasteiger partial charge in [0, 0.05) is 12.6 Å². The largest absolute Gasteiger partial charge is 0.395 e. The lowest BCUT2D eigenvalue weighted by molar-refractivity contribution is 0.226. The number of nitrogens with zero attached hydrogens (tertiary/aromatic N) is 1. The Morgan fingerprint density at radius 3 is 2.32 bits per heavy atom. The van der Waals surface area contributed by atoms with E-state index >= 15 is 0 Å². The molecule has 0 aromatic heterocycles.